The monoisotopic (exact) mass is 378 g/mol. The van der Waals surface area contributed by atoms with E-state index in [1.54, 1.807) is 23.9 Å². The molecule has 124 valence electrons. The van der Waals surface area contributed by atoms with E-state index in [1.807, 2.05) is 6.92 Å². The van der Waals surface area contributed by atoms with Crippen molar-refractivity contribution in [2.24, 2.45) is 0 Å². The van der Waals surface area contributed by atoms with E-state index in [9.17, 15) is 9.90 Å². The van der Waals surface area contributed by atoms with Crippen LogP contribution in [-0.4, -0.2) is 21.1 Å². The molecular formula is C16H14N2O3S3. The predicted molar refractivity (Wildman–Crippen MR) is 99.2 cm³/mol. The SMILES string of the molecule is C=C(C)CSc1nnc(SCc2cc(=O)oc3cc(O)ccc23)s1. The largest absolute Gasteiger partial charge is 0.508 e. The molecule has 24 heavy (non-hydrogen) atoms. The molecule has 2 aromatic heterocycles. The molecule has 0 atom stereocenters. The smallest absolute Gasteiger partial charge is 0.336 e. The molecule has 0 aliphatic carbocycles. The normalized spacial score (nSPS) is 11.0. The van der Waals surface area contributed by atoms with E-state index in [4.69, 9.17) is 4.42 Å². The zero-order chi connectivity index (χ0) is 17.1. The molecule has 0 bridgehead atoms. The van der Waals surface area contributed by atoms with Crippen molar-refractivity contribution in [3.63, 3.8) is 0 Å². The van der Waals surface area contributed by atoms with Crippen molar-refractivity contribution in [1.29, 1.82) is 0 Å². The molecule has 1 aromatic carbocycles. The third-order valence-corrected chi connectivity index (χ3v) is 6.46. The highest BCUT2D eigenvalue weighted by molar-refractivity contribution is 8.03. The maximum atomic E-state index is 11.7. The van der Waals surface area contributed by atoms with Crippen LogP contribution in [0.2, 0.25) is 0 Å². The minimum atomic E-state index is -0.432. The average molecular weight is 379 g/mol. The summed E-state index contributed by atoms with van der Waals surface area (Å²) in [5.74, 6) is 1.47. The molecule has 0 saturated heterocycles. The molecule has 3 rings (SSSR count). The summed E-state index contributed by atoms with van der Waals surface area (Å²) >= 11 is 4.67. The summed E-state index contributed by atoms with van der Waals surface area (Å²) < 4.78 is 6.88. The Morgan fingerprint density at radius 2 is 2.04 bits per heavy atom. The van der Waals surface area contributed by atoms with Gasteiger partial charge in [0.2, 0.25) is 0 Å². The minimum Gasteiger partial charge on any atom is -0.508 e. The van der Waals surface area contributed by atoms with E-state index in [0.29, 0.717) is 11.3 Å². The Hall–Kier alpha value is -1.77. The van der Waals surface area contributed by atoms with Crippen molar-refractivity contribution < 1.29 is 9.52 Å². The Morgan fingerprint density at radius 1 is 1.29 bits per heavy atom. The molecule has 0 radical (unpaired) electrons. The third-order valence-electron chi connectivity index (χ3n) is 2.99. The number of rotatable bonds is 6. The fraction of sp³-hybridized carbons (Fsp3) is 0.188. The summed E-state index contributed by atoms with van der Waals surface area (Å²) in [4.78, 5) is 11.7. The quantitative estimate of drug-likeness (QED) is 0.389. The Morgan fingerprint density at radius 3 is 2.79 bits per heavy atom. The lowest BCUT2D eigenvalue weighted by molar-refractivity contribution is 0.473. The minimum absolute atomic E-state index is 0.0683. The van der Waals surface area contributed by atoms with Gasteiger partial charge in [-0.05, 0) is 24.6 Å². The van der Waals surface area contributed by atoms with Gasteiger partial charge in [-0.3, -0.25) is 0 Å². The first-order chi connectivity index (χ1) is 11.5. The number of aromatic hydroxyl groups is 1. The van der Waals surface area contributed by atoms with Crippen molar-refractivity contribution in [3.05, 3.63) is 52.4 Å². The molecule has 0 spiro atoms. The Labute approximate surface area is 150 Å². The summed E-state index contributed by atoms with van der Waals surface area (Å²) in [6.45, 7) is 5.85. The first-order valence-electron chi connectivity index (χ1n) is 7.00. The standard InChI is InChI=1S/C16H14N2O3S3/c1-9(2)7-22-15-17-18-16(24-15)23-8-10-5-14(20)21-13-6-11(19)3-4-12(10)13/h3-6,19H,1,7-8H2,2H3. The number of hydrogen-bond acceptors (Lipinski definition) is 8. The molecule has 0 aliphatic rings. The number of phenolic OH excluding ortho intramolecular Hbond substituents is 1. The van der Waals surface area contributed by atoms with Gasteiger partial charge in [0.1, 0.15) is 11.3 Å². The summed E-state index contributed by atoms with van der Waals surface area (Å²) in [5, 5.41) is 18.6. The van der Waals surface area contributed by atoms with Gasteiger partial charge in [-0.2, -0.15) is 0 Å². The van der Waals surface area contributed by atoms with Crippen LogP contribution in [-0.2, 0) is 5.75 Å². The Bertz CT molecular complexity index is 949. The number of hydrogen-bond donors (Lipinski definition) is 1. The summed E-state index contributed by atoms with van der Waals surface area (Å²) in [6.07, 6.45) is 0. The van der Waals surface area contributed by atoms with Gasteiger partial charge in [-0.15, -0.1) is 10.2 Å². The van der Waals surface area contributed by atoms with E-state index in [1.165, 1.54) is 35.2 Å². The van der Waals surface area contributed by atoms with Gasteiger partial charge < -0.3 is 9.52 Å². The molecule has 0 aliphatic heterocycles. The van der Waals surface area contributed by atoms with Gasteiger partial charge >= 0.3 is 5.63 Å². The first kappa shape index (κ1) is 17.1. The highest BCUT2D eigenvalue weighted by Gasteiger charge is 2.10. The lowest BCUT2D eigenvalue weighted by atomic mass is 10.1. The number of fused-ring (bicyclic) bond motifs is 1. The van der Waals surface area contributed by atoms with Gasteiger partial charge in [-0.25, -0.2) is 4.79 Å². The first-order valence-corrected chi connectivity index (χ1v) is 9.79. The van der Waals surface area contributed by atoms with Crippen LogP contribution in [0.3, 0.4) is 0 Å². The van der Waals surface area contributed by atoms with E-state index >= 15 is 0 Å². The summed E-state index contributed by atoms with van der Waals surface area (Å²) in [7, 11) is 0. The average Bonchev–Trinajstić information content (AvgIpc) is 2.98. The molecule has 5 nitrogen and oxygen atoms in total. The number of benzene rings is 1. The highest BCUT2D eigenvalue weighted by atomic mass is 32.2. The number of nitrogens with zero attached hydrogens (tertiary/aromatic N) is 2. The van der Waals surface area contributed by atoms with Gasteiger partial charge in [0, 0.05) is 29.0 Å². The van der Waals surface area contributed by atoms with Crippen LogP contribution in [0, 0.1) is 0 Å². The van der Waals surface area contributed by atoms with Crippen LogP contribution in [0.1, 0.15) is 12.5 Å². The van der Waals surface area contributed by atoms with Gasteiger partial charge in [0.25, 0.3) is 0 Å². The van der Waals surface area contributed by atoms with Crippen LogP contribution in [0.15, 0.2) is 54.3 Å². The van der Waals surface area contributed by atoms with Crippen LogP contribution in [0.4, 0.5) is 0 Å². The second-order valence-electron chi connectivity index (χ2n) is 5.14. The van der Waals surface area contributed by atoms with E-state index in [-0.39, 0.29) is 5.75 Å². The molecule has 0 fully saturated rings. The summed E-state index contributed by atoms with van der Waals surface area (Å²) in [5.41, 5.74) is 1.89. The van der Waals surface area contributed by atoms with Crippen molar-refractivity contribution in [2.45, 2.75) is 21.4 Å². The van der Waals surface area contributed by atoms with E-state index < -0.39 is 5.63 Å². The number of aromatic nitrogens is 2. The Kier molecular flexibility index (Phi) is 5.27. The van der Waals surface area contributed by atoms with Gasteiger partial charge in [0.15, 0.2) is 8.68 Å². The summed E-state index contributed by atoms with van der Waals surface area (Å²) in [6, 6.07) is 6.25. The van der Waals surface area contributed by atoms with Crippen molar-refractivity contribution in [2.75, 3.05) is 5.75 Å². The van der Waals surface area contributed by atoms with Crippen LogP contribution >= 0.6 is 34.9 Å². The Balaban J connectivity index is 1.76. The van der Waals surface area contributed by atoms with Gasteiger partial charge in [-0.1, -0.05) is 47.0 Å². The zero-order valence-electron chi connectivity index (χ0n) is 12.8. The van der Waals surface area contributed by atoms with Crippen molar-refractivity contribution in [3.8, 4) is 5.75 Å². The molecule has 0 saturated carbocycles. The third kappa shape index (κ3) is 4.19. The second kappa shape index (κ2) is 7.42. The van der Waals surface area contributed by atoms with Crippen molar-refractivity contribution in [1.82, 2.24) is 10.2 Å². The van der Waals surface area contributed by atoms with Gasteiger partial charge in [0.05, 0.1) is 0 Å². The molecule has 0 unspecified atom stereocenters. The lowest BCUT2D eigenvalue weighted by Crippen LogP contribution is -1.99. The number of phenols is 1. The lowest BCUT2D eigenvalue weighted by Gasteiger charge is -2.04. The predicted octanol–water partition coefficient (Wildman–Crippen LogP) is 4.31. The molecule has 3 aromatic rings. The fourth-order valence-electron chi connectivity index (χ4n) is 1.98. The molecular weight excluding hydrogens is 364 g/mol. The number of thioether (sulfide) groups is 2. The highest BCUT2D eigenvalue weighted by Crippen LogP contribution is 2.32. The van der Waals surface area contributed by atoms with E-state index in [0.717, 1.165) is 31.0 Å². The van der Waals surface area contributed by atoms with Crippen LogP contribution in [0.25, 0.3) is 11.0 Å². The van der Waals surface area contributed by atoms with Crippen LogP contribution < -0.4 is 5.63 Å². The molecule has 0 amide bonds. The second-order valence-corrected chi connectivity index (χ2v) is 8.56. The maximum Gasteiger partial charge on any atom is 0.336 e. The molecule has 8 heteroatoms. The molecule has 2 heterocycles. The van der Waals surface area contributed by atoms with Crippen molar-refractivity contribution >= 4 is 45.8 Å². The molecule has 1 N–H and O–H groups in total. The van der Waals surface area contributed by atoms with E-state index in [2.05, 4.69) is 16.8 Å². The van der Waals surface area contributed by atoms with Crippen LogP contribution in [0.5, 0.6) is 5.75 Å². The maximum absolute atomic E-state index is 11.7. The zero-order valence-corrected chi connectivity index (χ0v) is 15.3. The topological polar surface area (TPSA) is 76.2 Å². The fourth-order valence-corrected chi connectivity index (χ4v) is 4.83.